The van der Waals surface area contributed by atoms with Gasteiger partial charge in [0.05, 0.1) is 12.1 Å². The summed E-state index contributed by atoms with van der Waals surface area (Å²) >= 11 is 6.48. The minimum Gasteiger partial charge on any atom is -0.493 e. The number of cyclic esters (lactones) is 1. The average molecular weight is 434 g/mol. The van der Waals surface area contributed by atoms with Crippen LogP contribution < -0.4 is 9.47 Å². The molecule has 0 spiro atoms. The molecule has 0 fully saturated rings. The van der Waals surface area contributed by atoms with Crippen LogP contribution in [0.15, 0.2) is 77.4 Å². The van der Waals surface area contributed by atoms with E-state index in [-0.39, 0.29) is 11.6 Å². The molecule has 4 rings (SSSR count). The van der Waals surface area contributed by atoms with Gasteiger partial charge < -0.3 is 14.2 Å². The highest BCUT2D eigenvalue weighted by molar-refractivity contribution is 6.32. The molecule has 0 atom stereocenters. The van der Waals surface area contributed by atoms with Gasteiger partial charge in [-0.25, -0.2) is 9.79 Å². The number of nitrogens with zero attached hydrogens (tertiary/aromatic N) is 1. The summed E-state index contributed by atoms with van der Waals surface area (Å²) < 4.78 is 16.7. The lowest BCUT2D eigenvalue weighted by Crippen LogP contribution is -2.05. The van der Waals surface area contributed by atoms with Crippen LogP contribution in [-0.2, 0) is 16.1 Å². The van der Waals surface area contributed by atoms with Crippen molar-refractivity contribution in [2.24, 2.45) is 4.99 Å². The van der Waals surface area contributed by atoms with Gasteiger partial charge in [-0.1, -0.05) is 54.1 Å². The van der Waals surface area contributed by atoms with E-state index in [0.29, 0.717) is 28.7 Å². The molecule has 0 saturated carbocycles. The number of esters is 1. The first-order chi connectivity index (χ1) is 15.0. The third-order valence-corrected chi connectivity index (χ3v) is 5.11. The Hall–Kier alpha value is -3.57. The molecule has 156 valence electrons. The van der Waals surface area contributed by atoms with E-state index in [1.54, 1.807) is 25.3 Å². The first kappa shape index (κ1) is 20.7. The fourth-order valence-corrected chi connectivity index (χ4v) is 3.43. The van der Waals surface area contributed by atoms with E-state index in [0.717, 1.165) is 16.7 Å². The predicted octanol–water partition coefficient (Wildman–Crippen LogP) is 5.58. The van der Waals surface area contributed by atoms with Crippen LogP contribution in [-0.4, -0.2) is 19.0 Å². The summed E-state index contributed by atoms with van der Waals surface area (Å²) in [6.45, 7) is 2.39. The van der Waals surface area contributed by atoms with Crippen LogP contribution in [0.1, 0.15) is 22.3 Å². The molecule has 0 bridgehead atoms. The number of aliphatic imine (C=N–C) groups is 1. The lowest BCUT2D eigenvalue weighted by atomic mass is 10.1. The summed E-state index contributed by atoms with van der Waals surface area (Å²) in [5, 5.41) is 0.374. The van der Waals surface area contributed by atoms with E-state index >= 15 is 0 Å². The summed E-state index contributed by atoms with van der Waals surface area (Å²) in [7, 11) is 1.54. The Labute approximate surface area is 185 Å². The number of benzene rings is 3. The summed E-state index contributed by atoms with van der Waals surface area (Å²) in [5.74, 6) is 0.658. The molecule has 3 aromatic carbocycles. The Morgan fingerprint density at radius 3 is 2.55 bits per heavy atom. The fraction of sp³-hybridized carbons (Fsp3) is 0.120. The van der Waals surface area contributed by atoms with E-state index in [4.69, 9.17) is 25.8 Å². The minimum absolute atomic E-state index is 0.186. The molecule has 0 aliphatic carbocycles. The zero-order chi connectivity index (χ0) is 21.8. The van der Waals surface area contributed by atoms with Crippen molar-refractivity contribution in [2.75, 3.05) is 7.11 Å². The summed E-state index contributed by atoms with van der Waals surface area (Å²) in [6.07, 6.45) is 1.61. The van der Waals surface area contributed by atoms with E-state index in [1.165, 1.54) is 0 Å². The third kappa shape index (κ3) is 4.62. The number of hydrogen-bond acceptors (Lipinski definition) is 5. The monoisotopic (exact) mass is 433 g/mol. The van der Waals surface area contributed by atoms with E-state index in [2.05, 4.69) is 4.99 Å². The number of rotatable bonds is 6. The molecule has 0 radical (unpaired) electrons. The maximum absolute atomic E-state index is 12.3. The highest BCUT2D eigenvalue weighted by Crippen LogP contribution is 2.38. The minimum atomic E-state index is -0.520. The number of aryl methyl sites for hydroxylation is 1. The Morgan fingerprint density at radius 2 is 1.81 bits per heavy atom. The Morgan fingerprint density at radius 1 is 1.06 bits per heavy atom. The van der Waals surface area contributed by atoms with Crippen molar-refractivity contribution < 1.29 is 19.0 Å². The van der Waals surface area contributed by atoms with Gasteiger partial charge in [0.2, 0.25) is 5.90 Å². The Bertz CT molecular complexity index is 1190. The zero-order valence-corrected chi connectivity index (χ0v) is 17.8. The topological polar surface area (TPSA) is 57.1 Å². The fourth-order valence-electron chi connectivity index (χ4n) is 3.16. The zero-order valence-electron chi connectivity index (χ0n) is 17.1. The van der Waals surface area contributed by atoms with Crippen LogP contribution in [0, 0.1) is 6.92 Å². The molecule has 5 nitrogen and oxygen atoms in total. The van der Waals surface area contributed by atoms with E-state index < -0.39 is 5.97 Å². The number of carbonyl (C=O) groups excluding carboxylic acids is 1. The molecule has 1 aliphatic rings. The van der Waals surface area contributed by atoms with Crippen molar-refractivity contribution in [3.63, 3.8) is 0 Å². The van der Waals surface area contributed by atoms with Gasteiger partial charge in [-0.05, 0) is 54.0 Å². The Kier molecular flexibility index (Phi) is 6.05. The van der Waals surface area contributed by atoms with Gasteiger partial charge in [-0.3, -0.25) is 0 Å². The average Bonchev–Trinajstić information content (AvgIpc) is 3.14. The molecule has 1 heterocycles. The second-order valence-corrected chi connectivity index (χ2v) is 7.36. The van der Waals surface area contributed by atoms with Crippen LogP contribution in [0.5, 0.6) is 11.5 Å². The van der Waals surface area contributed by atoms with Crippen LogP contribution >= 0.6 is 11.6 Å². The predicted molar refractivity (Wildman–Crippen MR) is 121 cm³/mol. The SMILES string of the molecule is COc1cc(/C=C2\N=C(c3ccccc3)OC2=O)cc(Cl)c1OCc1ccccc1C. The normalized spacial score (nSPS) is 14.4. The maximum atomic E-state index is 12.3. The van der Waals surface area contributed by atoms with Gasteiger partial charge in [0.15, 0.2) is 17.2 Å². The van der Waals surface area contributed by atoms with Gasteiger partial charge in [0, 0.05) is 5.56 Å². The first-order valence-electron chi connectivity index (χ1n) is 9.68. The second kappa shape index (κ2) is 9.06. The van der Waals surface area contributed by atoms with Gasteiger partial charge in [-0.15, -0.1) is 0 Å². The highest BCUT2D eigenvalue weighted by atomic mass is 35.5. The highest BCUT2D eigenvalue weighted by Gasteiger charge is 2.24. The largest absolute Gasteiger partial charge is 0.493 e. The molecular weight excluding hydrogens is 414 g/mol. The smallest absolute Gasteiger partial charge is 0.363 e. The molecule has 0 amide bonds. The lowest BCUT2D eigenvalue weighted by Gasteiger charge is -2.14. The van der Waals surface area contributed by atoms with Crippen LogP contribution in [0.4, 0.5) is 0 Å². The molecule has 0 N–H and O–H groups in total. The molecule has 31 heavy (non-hydrogen) atoms. The molecule has 1 aliphatic heterocycles. The molecule has 6 heteroatoms. The van der Waals surface area contributed by atoms with Gasteiger partial charge in [0.1, 0.15) is 6.61 Å². The number of halogens is 1. The molecule has 0 aromatic heterocycles. The molecule has 0 unspecified atom stereocenters. The summed E-state index contributed by atoms with van der Waals surface area (Å²) in [6, 6.07) is 20.7. The van der Waals surface area contributed by atoms with E-state index in [1.807, 2.05) is 61.5 Å². The van der Waals surface area contributed by atoms with Crippen molar-refractivity contribution in [2.45, 2.75) is 13.5 Å². The number of methoxy groups -OCH3 is 1. The van der Waals surface area contributed by atoms with Crippen LogP contribution in [0.25, 0.3) is 6.08 Å². The summed E-state index contributed by atoms with van der Waals surface area (Å²) in [5.41, 5.74) is 3.75. The lowest BCUT2D eigenvalue weighted by molar-refractivity contribution is -0.129. The molecule has 3 aromatic rings. The van der Waals surface area contributed by atoms with Crippen molar-refractivity contribution in [3.05, 3.63) is 99.7 Å². The number of hydrogen-bond donors (Lipinski definition) is 0. The van der Waals surface area contributed by atoms with Gasteiger partial charge >= 0.3 is 5.97 Å². The van der Waals surface area contributed by atoms with Crippen LogP contribution in [0.3, 0.4) is 0 Å². The van der Waals surface area contributed by atoms with E-state index in [9.17, 15) is 4.79 Å². The van der Waals surface area contributed by atoms with Crippen LogP contribution in [0.2, 0.25) is 5.02 Å². The van der Waals surface area contributed by atoms with Crippen molar-refractivity contribution in [3.8, 4) is 11.5 Å². The summed E-state index contributed by atoms with van der Waals surface area (Å²) in [4.78, 5) is 16.6. The molecular formula is C25H20ClNO4. The van der Waals surface area contributed by atoms with Gasteiger partial charge in [0.25, 0.3) is 0 Å². The quantitative estimate of drug-likeness (QED) is 0.376. The van der Waals surface area contributed by atoms with Crippen molar-refractivity contribution in [1.82, 2.24) is 0 Å². The van der Waals surface area contributed by atoms with Gasteiger partial charge in [-0.2, -0.15) is 0 Å². The first-order valence-corrected chi connectivity index (χ1v) is 10.1. The third-order valence-electron chi connectivity index (χ3n) is 4.83. The Balaban J connectivity index is 1.60. The second-order valence-electron chi connectivity index (χ2n) is 6.95. The number of carbonyl (C=O) groups is 1. The maximum Gasteiger partial charge on any atom is 0.363 e. The number of ether oxygens (including phenoxy) is 3. The standard InChI is InChI=1S/C25H20ClNO4/c1-16-8-6-7-11-19(16)15-30-23-20(26)12-17(14-22(23)29-2)13-21-25(28)31-24(27-21)18-9-4-3-5-10-18/h3-14H,15H2,1-2H3/b21-13-. The van der Waals surface area contributed by atoms with Crippen molar-refractivity contribution in [1.29, 1.82) is 0 Å². The van der Waals surface area contributed by atoms with Crippen molar-refractivity contribution >= 4 is 29.5 Å². The molecule has 0 saturated heterocycles.